The van der Waals surface area contributed by atoms with Crippen LogP contribution in [0.1, 0.15) is 29.6 Å². The Bertz CT molecular complexity index is 1070. The molecule has 1 N–H and O–H groups in total. The number of hydrogen-bond donors (Lipinski definition) is 1. The molecule has 1 saturated heterocycles. The number of carbonyl (C=O) groups excluding carboxylic acids is 1. The fraction of sp³-hybridized carbons (Fsp3) is 0.381. The zero-order chi connectivity index (χ0) is 22.6. The zero-order valence-corrected chi connectivity index (χ0v) is 19.2. The lowest BCUT2D eigenvalue weighted by molar-refractivity contribution is 0.0720. The quantitative estimate of drug-likeness (QED) is 0.664. The summed E-state index contributed by atoms with van der Waals surface area (Å²) < 4.78 is 44.4. The number of ether oxygens (including phenoxy) is 3. The Labute approximate surface area is 187 Å². The summed E-state index contributed by atoms with van der Waals surface area (Å²) in [6, 6.07) is 7.08. The summed E-state index contributed by atoms with van der Waals surface area (Å²) in [6.07, 6.45) is 2.92. The predicted molar refractivity (Wildman–Crippen MR) is 118 cm³/mol. The van der Waals surface area contributed by atoms with Crippen LogP contribution in [0.2, 0.25) is 5.02 Å². The number of benzene rings is 2. The van der Waals surface area contributed by atoms with Crippen molar-refractivity contribution in [3.05, 3.63) is 40.9 Å². The lowest BCUT2D eigenvalue weighted by Crippen LogP contribution is -2.35. The normalized spacial score (nSPS) is 14.1. The molecular weight excluding hydrogens is 444 g/mol. The molecule has 2 aromatic carbocycles. The molecule has 1 fully saturated rings. The van der Waals surface area contributed by atoms with E-state index in [4.69, 9.17) is 25.8 Å². The van der Waals surface area contributed by atoms with Gasteiger partial charge in [-0.3, -0.25) is 9.52 Å². The van der Waals surface area contributed by atoms with Crippen molar-refractivity contribution in [2.24, 2.45) is 0 Å². The Kier molecular flexibility index (Phi) is 7.17. The highest BCUT2D eigenvalue weighted by Crippen LogP contribution is 2.37. The van der Waals surface area contributed by atoms with Crippen LogP contribution in [0.25, 0.3) is 0 Å². The van der Waals surface area contributed by atoms with E-state index in [-0.39, 0.29) is 38.6 Å². The van der Waals surface area contributed by atoms with Crippen molar-refractivity contribution < 1.29 is 27.4 Å². The van der Waals surface area contributed by atoms with E-state index in [1.165, 1.54) is 51.7 Å². The maximum Gasteiger partial charge on any atom is 0.262 e. The maximum absolute atomic E-state index is 13.1. The third-order valence-corrected chi connectivity index (χ3v) is 6.73. The predicted octanol–water partition coefficient (Wildman–Crippen LogP) is 3.79. The van der Waals surface area contributed by atoms with Gasteiger partial charge in [0.25, 0.3) is 15.9 Å². The lowest BCUT2D eigenvalue weighted by atomic mass is 10.1. The van der Waals surface area contributed by atoms with E-state index in [1.54, 1.807) is 4.90 Å². The number of hydrogen-bond acceptors (Lipinski definition) is 6. The van der Waals surface area contributed by atoms with Gasteiger partial charge in [-0.25, -0.2) is 8.42 Å². The van der Waals surface area contributed by atoms with Gasteiger partial charge in [-0.15, -0.1) is 0 Å². The maximum atomic E-state index is 13.1. The lowest BCUT2D eigenvalue weighted by Gasteiger charge is -2.27. The molecule has 2 aromatic rings. The first-order valence-electron chi connectivity index (χ1n) is 9.72. The number of nitrogens with one attached hydrogen (secondary N) is 1. The Morgan fingerprint density at radius 3 is 2.19 bits per heavy atom. The van der Waals surface area contributed by atoms with E-state index in [0.717, 1.165) is 19.3 Å². The summed E-state index contributed by atoms with van der Waals surface area (Å²) in [5.41, 5.74) is 0.358. The number of piperidine rings is 1. The summed E-state index contributed by atoms with van der Waals surface area (Å²) >= 11 is 6.09. The Balaban J connectivity index is 1.97. The van der Waals surface area contributed by atoms with Crippen LogP contribution in [-0.4, -0.2) is 53.6 Å². The van der Waals surface area contributed by atoms with Crippen LogP contribution < -0.4 is 18.9 Å². The summed E-state index contributed by atoms with van der Waals surface area (Å²) in [5.74, 6) is 0.586. The minimum absolute atomic E-state index is 0.0790. The van der Waals surface area contributed by atoms with E-state index in [0.29, 0.717) is 18.8 Å². The highest BCUT2D eigenvalue weighted by Gasteiger charge is 2.25. The second kappa shape index (κ2) is 9.65. The molecule has 0 aliphatic carbocycles. The molecule has 0 radical (unpaired) electrons. The first-order valence-corrected chi connectivity index (χ1v) is 11.6. The number of rotatable bonds is 7. The molecule has 0 bridgehead atoms. The summed E-state index contributed by atoms with van der Waals surface area (Å²) in [7, 11) is 0.220. The largest absolute Gasteiger partial charge is 0.496 e. The van der Waals surface area contributed by atoms with Gasteiger partial charge in [-0.05, 0) is 37.5 Å². The molecule has 1 amide bonds. The first-order chi connectivity index (χ1) is 14.8. The van der Waals surface area contributed by atoms with Crippen molar-refractivity contribution in [3.8, 4) is 17.2 Å². The van der Waals surface area contributed by atoms with Crippen molar-refractivity contribution in [1.29, 1.82) is 0 Å². The highest BCUT2D eigenvalue weighted by atomic mass is 35.5. The molecule has 1 aliphatic heterocycles. The smallest absolute Gasteiger partial charge is 0.262 e. The SMILES string of the molecule is COc1cc(NS(=O)(=O)c2ccc(OC)c(C(=O)N3CCCCC3)c2)c(OC)cc1Cl. The molecule has 168 valence electrons. The number of sulfonamides is 1. The topological polar surface area (TPSA) is 94.2 Å². The molecule has 0 atom stereocenters. The van der Waals surface area contributed by atoms with Crippen LogP contribution in [0.4, 0.5) is 5.69 Å². The average Bonchev–Trinajstić information content (AvgIpc) is 2.79. The number of carbonyl (C=O) groups is 1. The fourth-order valence-corrected chi connectivity index (χ4v) is 4.75. The summed E-state index contributed by atoms with van der Waals surface area (Å²) in [4.78, 5) is 14.7. The van der Waals surface area contributed by atoms with Gasteiger partial charge in [0.15, 0.2) is 0 Å². The van der Waals surface area contributed by atoms with Gasteiger partial charge >= 0.3 is 0 Å². The van der Waals surface area contributed by atoms with Crippen molar-refractivity contribution in [2.75, 3.05) is 39.1 Å². The second-order valence-corrected chi connectivity index (χ2v) is 9.10. The van der Waals surface area contributed by atoms with E-state index in [2.05, 4.69) is 4.72 Å². The third kappa shape index (κ3) is 4.99. The van der Waals surface area contributed by atoms with Crippen molar-refractivity contribution in [3.63, 3.8) is 0 Å². The standard InChI is InChI=1S/C21H25ClN2O6S/c1-28-18-8-7-14(11-15(18)21(25)24-9-5-4-6-10-24)31(26,27)23-17-13-19(29-2)16(22)12-20(17)30-3/h7-8,11-13,23H,4-6,9-10H2,1-3H3. The molecule has 3 rings (SSSR count). The number of halogens is 1. The first kappa shape index (κ1) is 23.0. The minimum Gasteiger partial charge on any atom is -0.496 e. The average molecular weight is 469 g/mol. The number of likely N-dealkylation sites (tertiary alicyclic amines) is 1. The fourth-order valence-electron chi connectivity index (χ4n) is 3.43. The molecule has 31 heavy (non-hydrogen) atoms. The number of amides is 1. The van der Waals surface area contributed by atoms with Gasteiger partial charge in [0, 0.05) is 25.2 Å². The van der Waals surface area contributed by atoms with Crippen molar-refractivity contribution in [2.45, 2.75) is 24.2 Å². The van der Waals surface area contributed by atoms with Gasteiger partial charge in [-0.2, -0.15) is 0 Å². The molecular formula is C21H25ClN2O6S. The zero-order valence-electron chi connectivity index (χ0n) is 17.6. The van der Waals surface area contributed by atoms with Crippen LogP contribution in [-0.2, 0) is 10.0 Å². The van der Waals surface area contributed by atoms with Crippen LogP contribution in [0.15, 0.2) is 35.2 Å². The molecule has 0 unspecified atom stereocenters. The Morgan fingerprint density at radius 1 is 0.935 bits per heavy atom. The molecule has 10 heteroatoms. The molecule has 1 heterocycles. The molecule has 0 spiro atoms. The van der Waals surface area contributed by atoms with Crippen LogP contribution in [0.5, 0.6) is 17.2 Å². The van der Waals surface area contributed by atoms with Crippen molar-refractivity contribution in [1.82, 2.24) is 4.90 Å². The third-order valence-electron chi connectivity index (χ3n) is 5.07. The Hall–Kier alpha value is -2.65. The van der Waals surface area contributed by atoms with E-state index < -0.39 is 10.0 Å². The van der Waals surface area contributed by atoms with Crippen LogP contribution in [0.3, 0.4) is 0 Å². The van der Waals surface area contributed by atoms with Crippen LogP contribution >= 0.6 is 11.6 Å². The van der Waals surface area contributed by atoms with E-state index in [9.17, 15) is 13.2 Å². The van der Waals surface area contributed by atoms with Gasteiger partial charge in [0.2, 0.25) is 0 Å². The minimum atomic E-state index is -4.05. The van der Waals surface area contributed by atoms with Crippen molar-refractivity contribution >= 4 is 33.2 Å². The molecule has 8 nitrogen and oxygen atoms in total. The highest BCUT2D eigenvalue weighted by molar-refractivity contribution is 7.92. The monoisotopic (exact) mass is 468 g/mol. The number of nitrogens with zero attached hydrogens (tertiary/aromatic N) is 1. The van der Waals surface area contributed by atoms with E-state index in [1.807, 2.05) is 0 Å². The number of anilines is 1. The van der Waals surface area contributed by atoms with Gasteiger partial charge in [0.1, 0.15) is 17.2 Å². The van der Waals surface area contributed by atoms with Crippen LogP contribution in [0, 0.1) is 0 Å². The van der Waals surface area contributed by atoms with Gasteiger partial charge < -0.3 is 19.1 Å². The second-order valence-electron chi connectivity index (χ2n) is 7.01. The molecule has 1 aliphatic rings. The molecule has 0 aromatic heterocycles. The van der Waals surface area contributed by atoms with Gasteiger partial charge in [-0.1, -0.05) is 11.6 Å². The van der Waals surface area contributed by atoms with E-state index >= 15 is 0 Å². The van der Waals surface area contributed by atoms with Gasteiger partial charge in [0.05, 0.1) is 42.5 Å². The Morgan fingerprint density at radius 2 is 1.58 bits per heavy atom. The summed E-state index contributed by atoms with van der Waals surface area (Å²) in [5, 5.41) is 0.279. The number of methoxy groups -OCH3 is 3. The molecule has 0 saturated carbocycles. The summed E-state index contributed by atoms with van der Waals surface area (Å²) in [6.45, 7) is 1.28.